The van der Waals surface area contributed by atoms with Crippen molar-refractivity contribution >= 4 is 15.7 Å². The Morgan fingerprint density at radius 3 is 2.16 bits per heavy atom. The molecule has 2 atom stereocenters. The first kappa shape index (κ1) is 22.4. The molecule has 32 heavy (non-hydrogen) atoms. The molecule has 0 bridgehead atoms. The molecule has 0 N–H and O–H groups in total. The molecule has 0 amide bonds. The molecule has 1 saturated heterocycles. The molecule has 1 aliphatic rings. The van der Waals surface area contributed by atoms with Gasteiger partial charge < -0.3 is 4.74 Å². The topological polar surface area (TPSA) is 49.9 Å². The fraction of sp³-hybridized carbons (Fsp3) is 0.308. The third-order valence-corrected chi connectivity index (χ3v) is 7.99. The minimum Gasteiger partial charge on any atom is -0.497 e. The number of ether oxygens (including phenoxy) is 1. The van der Waals surface area contributed by atoms with Crippen LogP contribution in [0.3, 0.4) is 0 Å². The van der Waals surface area contributed by atoms with E-state index < -0.39 is 10.0 Å². The number of anilines is 1. The maximum Gasteiger partial charge on any atom is 0.264 e. The van der Waals surface area contributed by atoms with Gasteiger partial charge in [0.1, 0.15) is 5.75 Å². The molecule has 3 aromatic rings. The predicted octanol–water partition coefficient (Wildman–Crippen LogP) is 4.80. The van der Waals surface area contributed by atoms with Crippen molar-refractivity contribution in [1.82, 2.24) is 4.90 Å². The van der Waals surface area contributed by atoms with Gasteiger partial charge in [0.15, 0.2) is 0 Å². The van der Waals surface area contributed by atoms with Crippen molar-refractivity contribution in [2.24, 2.45) is 5.92 Å². The predicted molar refractivity (Wildman–Crippen MR) is 128 cm³/mol. The second-order valence-electron chi connectivity index (χ2n) is 8.37. The van der Waals surface area contributed by atoms with Gasteiger partial charge in [-0.15, -0.1) is 0 Å². The van der Waals surface area contributed by atoms with E-state index in [-0.39, 0.29) is 16.9 Å². The molecule has 0 aromatic heterocycles. The molecule has 0 spiro atoms. The number of benzene rings is 3. The van der Waals surface area contributed by atoms with Gasteiger partial charge in [0.25, 0.3) is 10.0 Å². The van der Waals surface area contributed by atoms with Crippen LogP contribution >= 0.6 is 0 Å². The first-order valence-electron chi connectivity index (χ1n) is 11.0. The highest BCUT2D eigenvalue weighted by atomic mass is 32.2. The summed E-state index contributed by atoms with van der Waals surface area (Å²) in [6.45, 7) is 4.74. The molecule has 168 valence electrons. The average molecular weight is 451 g/mol. The van der Waals surface area contributed by atoms with Crippen LogP contribution in [0.1, 0.15) is 18.9 Å². The summed E-state index contributed by atoms with van der Waals surface area (Å²) in [7, 11) is -2.15. The van der Waals surface area contributed by atoms with Crippen molar-refractivity contribution in [3.8, 4) is 5.75 Å². The molecule has 1 fully saturated rings. The van der Waals surface area contributed by atoms with E-state index in [0.717, 1.165) is 26.1 Å². The van der Waals surface area contributed by atoms with Crippen LogP contribution in [0.2, 0.25) is 0 Å². The van der Waals surface area contributed by atoms with Crippen LogP contribution in [-0.2, 0) is 16.6 Å². The lowest BCUT2D eigenvalue weighted by Gasteiger charge is -2.43. The molecule has 0 radical (unpaired) electrons. The Morgan fingerprint density at radius 2 is 1.56 bits per heavy atom. The van der Waals surface area contributed by atoms with E-state index in [4.69, 9.17) is 4.74 Å². The van der Waals surface area contributed by atoms with Gasteiger partial charge in [-0.05, 0) is 54.3 Å². The Morgan fingerprint density at radius 1 is 0.938 bits per heavy atom. The molecule has 2 unspecified atom stereocenters. The molecule has 4 rings (SSSR count). The maximum absolute atomic E-state index is 13.8. The number of sulfonamides is 1. The van der Waals surface area contributed by atoms with Gasteiger partial charge in [-0.2, -0.15) is 0 Å². The van der Waals surface area contributed by atoms with Crippen LogP contribution in [0.25, 0.3) is 0 Å². The van der Waals surface area contributed by atoms with Crippen LogP contribution in [-0.4, -0.2) is 39.6 Å². The largest absolute Gasteiger partial charge is 0.497 e. The summed E-state index contributed by atoms with van der Waals surface area (Å²) in [6.07, 6.45) is 0.776. The van der Waals surface area contributed by atoms with Crippen LogP contribution in [0, 0.1) is 5.92 Å². The summed E-state index contributed by atoms with van der Waals surface area (Å²) in [4.78, 5) is 2.70. The number of piperidine rings is 1. The molecule has 6 heteroatoms. The number of para-hydroxylation sites is 1. The summed E-state index contributed by atoms with van der Waals surface area (Å²) in [5, 5.41) is 0. The zero-order chi connectivity index (χ0) is 22.6. The Hall–Kier alpha value is -2.83. The zero-order valence-corrected chi connectivity index (χ0v) is 19.4. The summed E-state index contributed by atoms with van der Waals surface area (Å²) in [5.41, 5.74) is 1.99. The number of hydrogen-bond donors (Lipinski definition) is 0. The van der Waals surface area contributed by atoms with Crippen LogP contribution < -0.4 is 9.04 Å². The smallest absolute Gasteiger partial charge is 0.264 e. The highest BCUT2D eigenvalue weighted by Gasteiger charge is 2.37. The molecule has 0 saturated carbocycles. The molecule has 0 aliphatic carbocycles. The summed E-state index contributed by atoms with van der Waals surface area (Å²) >= 11 is 0. The fourth-order valence-corrected chi connectivity index (χ4v) is 6.27. The molecule has 3 aromatic carbocycles. The standard InChI is InChI=1S/C26H30N2O3S/c1-21-19-27(20-22-9-5-3-6-10-22)18-17-26(21)28(23-11-7-4-8-12-23)32(29,30)25-15-13-24(31-2)14-16-25/h3-16,21,26H,17-20H2,1-2H3. The van der Waals surface area contributed by atoms with Gasteiger partial charge in [-0.25, -0.2) is 8.42 Å². The fourth-order valence-electron chi connectivity index (χ4n) is 4.50. The van der Waals surface area contributed by atoms with Crippen LogP contribution in [0.4, 0.5) is 5.69 Å². The number of likely N-dealkylation sites (tertiary alicyclic amines) is 1. The average Bonchev–Trinajstić information content (AvgIpc) is 2.82. The van der Waals surface area contributed by atoms with Crippen LogP contribution in [0.15, 0.2) is 89.8 Å². The van der Waals surface area contributed by atoms with E-state index in [2.05, 4.69) is 36.1 Å². The van der Waals surface area contributed by atoms with Gasteiger partial charge in [0, 0.05) is 19.6 Å². The minimum atomic E-state index is -3.73. The van der Waals surface area contributed by atoms with Crippen molar-refractivity contribution in [1.29, 1.82) is 0 Å². The molecular weight excluding hydrogens is 420 g/mol. The third-order valence-electron chi connectivity index (χ3n) is 6.12. The van der Waals surface area contributed by atoms with E-state index >= 15 is 0 Å². The Labute approximate surface area is 191 Å². The lowest BCUT2D eigenvalue weighted by Crippen LogP contribution is -2.52. The van der Waals surface area contributed by atoms with E-state index in [1.165, 1.54) is 5.56 Å². The highest BCUT2D eigenvalue weighted by molar-refractivity contribution is 7.92. The lowest BCUT2D eigenvalue weighted by atomic mass is 9.93. The van der Waals surface area contributed by atoms with Gasteiger partial charge >= 0.3 is 0 Å². The highest BCUT2D eigenvalue weighted by Crippen LogP contribution is 2.33. The van der Waals surface area contributed by atoms with E-state index in [0.29, 0.717) is 11.4 Å². The SMILES string of the molecule is COc1ccc(S(=O)(=O)N(c2ccccc2)C2CCN(Cc3ccccc3)CC2C)cc1. The molecule has 1 aliphatic heterocycles. The van der Waals surface area contributed by atoms with Gasteiger partial charge in [-0.1, -0.05) is 55.5 Å². The van der Waals surface area contributed by atoms with E-state index in [1.807, 2.05) is 36.4 Å². The first-order chi connectivity index (χ1) is 15.5. The second-order valence-corrected chi connectivity index (χ2v) is 10.2. The summed E-state index contributed by atoms with van der Waals surface area (Å²) in [5.74, 6) is 0.818. The van der Waals surface area contributed by atoms with Crippen molar-refractivity contribution in [2.45, 2.75) is 30.8 Å². The normalized spacial score (nSPS) is 19.4. The number of rotatable bonds is 7. The maximum atomic E-state index is 13.8. The summed E-state index contributed by atoms with van der Waals surface area (Å²) < 4.78 is 34.5. The Bertz CT molecular complexity index is 1100. The zero-order valence-electron chi connectivity index (χ0n) is 18.6. The van der Waals surface area contributed by atoms with Gasteiger partial charge in [0.2, 0.25) is 0 Å². The number of nitrogens with zero attached hydrogens (tertiary/aromatic N) is 2. The van der Waals surface area contributed by atoms with Crippen molar-refractivity contribution in [3.05, 3.63) is 90.5 Å². The monoisotopic (exact) mass is 450 g/mol. The van der Waals surface area contributed by atoms with Gasteiger partial charge in [0.05, 0.1) is 23.7 Å². The third kappa shape index (κ3) is 4.81. The van der Waals surface area contributed by atoms with Crippen molar-refractivity contribution in [3.63, 3.8) is 0 Å². The Balaban J connectivity index is 1.61. The molecule has 1 heterocycles. The van der Waals surface area contributed by atoms with Crippen molar-refractivity contribution < 1.29 is 13.2 Å². The molecular formula is C26H30N2O3S. The lowest BCUT2D eigenvalue weighted by molar-refractivity contribution is 0.159. The number of methoxy groups -OCH3 is 1. The van der Waals surface area contributed by atoms with Gasteiger partial charge in [-0.3, -0.25) is 9.21 Å². The second kappa shape index (κ2) is 9.76. The van der Waals surface area contributed by atoms with Crippen molar-refractivity contribution in [2.75, 3.05) is 24.5 Å². The summed E-state index contributed by atoms with van der Waals surface area (Å²) in [6, 6.07) is 26.4. The molecule has 5 nitrogen and oxygen atoms in total. The quantitative estimate of drug-likeness (QED) is 0.519. The van der Waals surface area contributed by atoms with E-state index in [9.17, 15) is 8.42 Å². The Kier molecular flexibility index (Phi) is 6.82. The first-order valence-corrected chi connectivity index (χ1v) is 12.4. The van der Waals surface area contributed by atoms with E-state index in [1.54, 1.807) is 35.7 Å². The van der Waals surface area contributed by atoms with Crippen LogP contribution in [0.5, 0.6) is 5.75 Å². The number of hydrogen-bond acceptors (Lipinski definition) is 4. The minimum absolute atomic E-state index is 0.114.